The van der Waals surface area contributed by atoms with Crippen molar-refractivity contribution in [2.45, 2.75) is 63.6 Å². The standard InChI is InChI=1S/C33H36BrN5O2Si/c1-33(2,3)42(27-13-6-4-7-14-27,28-15-8-5-9-16-28)41-26-12-10-11-25(21-26)39-31-29(30(35)36-22-37-31)38(32(39)40)24-19-17-23(34)18-20-24/h4-9,13-20,22,25-26H,10-12,21H2,1-3H3,(H2,35,36,37). The predicted molar refractivity (Wildman–Crippen MR) is 175 cm³/mol. The number of hydrogen-bond donors (Lipinski definition) is 1. The van der Waals surface area contributed by atoms with Crippen LogP contribution in [0.3, 0.4) is 0 Å². The zero-order chi connectivity index (χ0) is 29.5. The molecule has 0 saturated heterocycles. The number of fused-ring (bicyclic) bond motifs is 1. The van der Waals surface area contributed by atoms with Crippen molar-refractivity contribution < 1.29 is 4.43 Å². The van der Waals surface area contributed by atoms with E-state index < -0.39 is 8.32 Å². The van der Waals surface area contributed by atoms with Crippen LogP contribution in [-0.4, -0.2) is 33.5 Å². The van der Waals surface area contributed by atoms with Gasteiger partial charge in [-0.05, 0) is 65.4 Å². The van der Waals surface area contributed by atoms with Gasteiger partial charge in [0, 0.05) is 16.6 Å². The fourth-order valence-electron chi connectivity index (χ4n) is 6.63. The van der Waals surface area contributed by atoms with E-state index in [1.54, 1.807) is 4.57 Å². The molecule has 2 atom stereocenters. The number of benzene rings is 3. The molecule has 1 aliphatic carbocycles. The first-order valence-electron chi connectivity index (χ1n) is 14.5. The van der Waals surface area contributed by atoms with E-state index in [9.17, 15) is 4.79 Å². The van der Waals surface area contributed by atoms with Crippen LogP contribution in [0.2, 0.25) is 5.04 Å². The van der Waals surface area contributed by atoms with Crippen LogP contribution in [0.1, 0.15) is 52.5 Å². The van der Waals surface area contributed by atoms with Crippen molar-refractivity contribution in [2.24, 2.45) is 0 Å². The van der Waals surface area contributed by atoms with Crippen molar-refractivity contribution >= 4 is 51.6 Å². The number of halogens is 1. The number of nitrogens with two attached hydrogens (primary N) is 1. The van der Waals surface area contributed by atoms with E-state index in [1.807, 2.05) is 28.8 Å². The number of nitrogens with zero attached hydrogens (tertiary/aromatic N) is 4. The van der Waals surface area contributed by atoms with Crippen molar-refractivity contribution in [2.75, 3.05) is 5.73 Å². The van der Waals surface area contributed by atoms with Crippen LogP contribution in [0.4, 0.5) is 5.82 Å². The highest BCUT2D eigenvalue weighted by Gasteiger charge is 2.51. The van der Waals surface area contributed by atoms with Crippen LogP contribution in [0.5, 0.6) is 0 Å². The molecular weight excluding hydrogens is 606 g/mol. The largest absolute Gasteiger partial charge is 0.404 e. The fourth-order valence-corrected chi connectivity index (χ4v) is 11.6. The van der Waals surface area contributed by atoms with E-state index >= 15 is 0 Å². The van der Waals surface area contributed by atoms with Crippen molar-refractivity contribution in [3.05, 3.63) is 106 Å². The van der Waals surface area contributed by atoms with E-state index in [1.165, 1.54) is 16.7 Å². The monoisotopic (exact) mass is 641 g/mol. The Morgan fingerprint density at radius 2 is 1.52 bits per heavy atom. The summed E-state index contributed by atoms with van der Waals surface area (Å²) in [6.07, 6.45) is 4.90. The number of nitrogen functional groups attached to an aromatic ring is 1. The summed E-state index contributed by atoms with van der Waals surface area (Å²) in [5.41, 5.74) is 8.04. The smallest absolute Gasteiger partial charge is 0.335 e. The minimum atomic E-state index is -2.74. The minimum Gasteiger partial charge on any atom is -0.404 e. The lowest BCUT2D eigenvalue weighted by atomic mass is 9.93. The van der Waals surface area contributed by atoms with Gasteiger partial charge in [0.1, 0.15) is 11.8 Å². The molecule has 3 aromatic carbocycles. The molecule has 2 N–H and O–H groups in total. The molecule has 1 aliphatic rings. The molecule has 7 nitrogen and oxygen atoms in total. The van der Waals surface area contributed by atoms with Gasteiger partial charge in [0.15, 0.2) is 11.5 Å². The van der Waals surface area contributed by atoms with Gasteiger partial charge in [-0.2, -0.15) is 0 Å². The highest BCUT2D eigenvalue weighted by atomic mass is 79.9. The lowest BCUT2D eigenvalue weighted by molar-refractivity contribution is 0.116. The van der Waals surface area contributed by atoms with Gasteiger partial charge in [0.25, 0.3) is 8.32 Å². The van der Waals surface area contributed by atoms with Gasteiger partial charge in [0.05, 0.1) is 5.69 Å². The number of aromatic nitrogens is 4. The van der Waals surface area contributed by atoms with Crippen LogP contribution in [0, 0.1) is 0 Å². The summed E-state index contributed by atoms with van der Waals surface area (Å²) < 4.78 is 11.9. The Morgan fingerprint density at radius 1 is 0.905 bits per heavy atom. The Bertz CT molecular complexity index is 1710. The lowest BCUT2D eigenvalue weighted by Gasteiger charge is -2.46. The highest BCUT2D eigenvalue weighted by Crippen LogP contribution is 2.41. The Hall–Kier alpha value is -3.53. The molecule has 216 valence electrons. The second-order valence-electron chi connectivity index (χ2n) is 12.1. The molecule has 0 aliphatic heterocycles. The molecule has 9 heteroatoms. The first-order chi connectivity index (χ1) is 20.2. The van der Waals surface area contributed by atoms with E-state index in [0.29, 0.717) is 17.6 Å². The summed E-state index contributed by atoms with van der Waals surface area (Å²) in [7, 11) is -2.74. The van der Waals surface area contributed by atoms with E-state index in [2.05, 4.69) is 107 Å². The number of hydrogen-bond acceptors (Lipinski definition) is 5. The molecule has 1 saturated carbocycles. The third-order valence-electron chi connectivity index (χ3n) is 8.49. The molecule has 2 unspecified atom stereocenters. The van der Waals surface area contributed by atoms with Crippen LogP contribution < -0.4 is 21.8 Å². The third-order valence-corrected chi connectivity index (χ3v) is 14.1. The van der Waals surface area contributed by atoms with Crippen molar-refractivity contribution in [3.8, 4) is 5.69 Å². The van der Waals surface area contributed by atoms with Gasteiger partial charge >= 0.3 is 5.69 Å². The first-order valence-corrected chi connectivity index (χ1v) is 17.2. The Balaban J connectivity index is 1.44. The summed E-state index contributed by atoms with van der Waals surface area (Å²) in [5, 5.41) is 2.39. The molecule has 0 bridgehead atoms. The van der Waals surface area contributed by atoms with Crippen molar-refractivity contribution in [1.82, 2.24) is 19.1 Å². The fraction of sp³-hybridized carbons (Fsp3) is 0.303. The zero-order valence-electron chi connectivity index (χ0n) is 24.2. The molecule has 1 fully saturated rings. The summed E-state index contributed by atoms with van der Waals surface area (Å²) in [5.74, 6) is 0.287. The van der Waals surface area contributed by atoms with Gasteiger partial charge in [-0.15, -0.1) is 0 Å². The molecule has 5 aromatic rings. The van der Waals surface area contributed by atoms with Gasteiger partial charge in [-0.1, -0.05) is 97.4 Å². The number of imidazole rings is 1. The summed E-state index contributed by atoms with van der Waals surface area (Å²) >= 11 is 3.49. The van der Waals surface area contributed by atoms with Gasteiger partial charge in [-0.3, -0.25) is 9.13 Å². The van der Waals surface area contributed by atoms with E-state index in [0.717, 1.165) is 29.4 Å². The average Bonchev–Trinajstić information content (AvgIpc) is 3.29. The molecule has 2 aromatic heterocycles. The maximum absolute atomic E-state index is 14.2. The molecule has 6 rings (SSSR count). The maximum atomic E-state index is 14.2. The van der Waals surface area contributed by atoms with Crippen LogP contribution in [0.15, 0.2) is 101 Å². The second kappa shape index (κ2) is 11.3. The zero-order valence-corrected chi connectivity index (χ0v) is 26.8. The highest BCUT2D eigenvalue weighted by molar-refractivity contribution is 9.10. The topological polar surface area (TPSA) is 88.0 Å². The Kier molecular flexibility index (Phi) is 7.67. The number of anilines is 1. The molecule has 0 radical (unpaired) electrons. The van der Waals surface area contributed by atoms with Gasteiger partial charge < -0.3 is 10.2 Å². The third kappa shape index (κ3) is 4.93. The first kappa shape index (κ1) is 28.6. The summed E-state index contributed by atoms with van der Waals surface area (Å²) in [4.78, 5) is 23.0. The van der Waals surface area contributed by atoms with Crippen LogP contribution >= 0.6 is 15.9 Å². The molecular formula is C33H36BrN5O2Si. The van der Waals surface area contributed by atoms with E-state index in [4.69, 9.17) is 10.2 Å². The quantitative estimate of drug-likeness (QED) is 0.230. The summed E-state index contributed by atoms with van der Waals surface area (Å²) in [6.45, 7) is 6.90. The number of rotatable bonds is 6. The molecule has 0 spiro atoms. The van der Waals surface area contributed by atoms with Crippen molar-refractivity contribution in [1.29, 1.82) is 0 Å². The SMILES string of the molecule is CC(C)(C)[Si](OC1CCCC(n2c(=O)n(-c3ccc(Br)cc3)c3c(N)ncnc32)C1)(c1ccccc1)c1ccccc1. The Morgan fingerprint density at radius 3 is 2.12 bits per heavy atom. The van der Waals surface area contributed by atoms with E-state index in [-0.39, 0.29) is 28.7 Å². The van der Waals surface area contributed by atoms with Crippen molar-refractivity contribution in [3.63, 3.8) is 0 Å². The summed E-state index contributed by atoms with van der Waals surface area (Å²) in [6, 6.07) is 29.0. The average molecular weight is 643 g/mol. The maximum Gasteiger partial charge on any atom is 0.335 e. The second-order valence-corrected chi connectivity index (χ2v) is 17.3. The minimum absolute atomic E-state index is 0.0211. The predicted octanol–water partition coefficient (Wildman–Crippen LogP) is 5.99. The Labute approximate surface area is 255 Å². The molecule has 2 heterocycles. The normalized spacial score (nSPS) is 17.9. The molecule has 0 amide bonds. The van der Waals surface area contributed by atoms with Gasteiger partial charge in [0.2, 0.25) is 0 Å². The van der Waals surface area contributed by atoms with Gasteiger partial charge in [-0.25, -0.2) is 14.8 Å². The molecule has 42 heavy (non-hydrogen) atoms. The van der Waals surface area contributed by atoms with Crippen LogP contribution in [-0.2, 0) is 4.43 Å². The van der Waals surface area contributed by atoms with Crippen LogP contribution in [0.25, 0.3) is 16.9 Å². The lowest BCUT2D eigenvalue weighted by Crippen LogP contribution is -2.68.